The fraction of sp³-hybridized carbons (Fsp3) is 0.235. The minimum atomic E-state index is -4.34. The molecule has 0 spiro atoms. The van der Waals surface area contributed by atoms with Crippen molar-refractivity contribution in [2.24, 2.45) is 5.92 Å². The standard InChI is InChI=1S/C34H34Cl2FN3O4S/c1-24(2)21-38-34(42)32(19-25-10-5-3-6-11-25)39(22-26-12-9-13-27(35)18-26)33(41)23-40(28-16-17-31(37)30(36)20-28)45(43,44)29-14-7-4-8-15-29/h3-18,20,24,32H,19,21-23H2,1-2H3,(H,38,42). The molecule has 0 bridgehead atoms. The maximum absolute atomic E-state index is 14.4. The Hall–Kier alpha value is -3.92. The van der Waals surface area contributed by atoms with Crippen LogP contribution in [0.15, 0.2) is 108 Å². The van der Waals surface area contributed by atoms with E-state index in [1.807, 2.05) is 44.2 Å². The van der Waals surface area contributed by atoms with Gasteiger partial charge in [-0.25, -0.2) is 12.8 Å². The van der Waals surface area contributed by atoms with Crippen LogP contribution in [0, 0.1) is 11.7 Å². The quantitative estimate of drug-likeness (QED) is 0.171. The molecular weight excluding hydrogens is 636 g/mol. The zero-order valence-corrected chi connectivity index (χ0v) is 27.2. The lowest BCUT2D eigenvalue weighted by molar-refractivity contribution is -0.140. The number of anilines is 1. The van der Waals surface area contributed by atoms with Gasteiger partial charge in [0.1, 0.15) is 18.4 Å². The normalized spacial score (nSPS) is 12.0. The van der Waals surface area contributed by atoms with Gasteiger partial charge in [0, 0.05) is 24.5 Å². The van der Waals surface area contributed by atoms with E-state index in [1.54, 1.807) is 42.5 Å². The van der Waals surface area contributed by atoms with E-state index in [1.165, 1.54) is 23.1 Å². The lowest BCUT2D eigenvalue weighted by atomic mass is 10.0. The summed E-state index contributed by atoms with van der Waals surface area (Å²) in [5, 5.41) is 3.08. The van der Waals surface area contributed by atoms with Crippen LogP contribution < -0.4 is 9.62 Å². The highest BCUT2D eigenvalue weighted by Crippen LogP contribution is 2.28. The van der Waals surface area contributed by atoms with Crippen molar-refractivity contribution in [1.82, 2.24) is 10.2 Å². The average molecular weight is 671 g/mol. The lowest BCUT2D eigenvalue weighted by Gasteiger charge is -2.34. The Balaban J connectivity index is 1.81. The molecule has 0 aliphatic carbocycles. The van der Waals surface area contributed by atoms with Crippen molar-refractivity contribution in [3.05, 3.63) is 130 Å². The molecule has 11 heteroatoms. The minimum Gasteiger partial charge on any atom is -0.354 e. The third kappa shape index (κ3) is 9.06. The zero-order chi connectivity index (χ0) is 32.6. The summed E-state index contributed by atoms with van der Waals surface area (Å²) in [5.41, 5.74) is 1.45. The number of hydrogen-bond acceptors (Lipinski definition) is 4. The molecule has 0 radical (unpaired) electrons. The summed E-state index contributed by atoms with van der Waals surface area (Å²) in [5.74, 6) is -1.63. The van der Waals surface area contributed by atoms with Crippen LogP contribution in [0.4, 0.5) is 10.1 Å². The van der Waals surface area contributed by atoms with Crippen LogP contribution in [0.2, 0.25) is 10.0 Å². The minimum absolute atomic E-state index is 0.00910. The summed E-state index contributed by atoms with van der Waals surface area (Å²) in [7, 11) is -4.34. The summed E-state index contributed by atoms with van der Waals surface area (Å²) in [6.45, 7) is 3.58. The Labute approximate surface area is 273 Å². The van der Waals surface area contributed by atoms with Crippen molar-refractivity contribution < 1.29 is 22.4 Å². The highest BCUT2D eigenvalue weighted by Gasteiger charge is 2.35. The van der Waals surface area contributed by atoms with Gasteiger partial charge in [0.05, 0.1) is 15.6 Å². The van der Waals surface area contributed by atoms with Gasteiger partial charge in [-0.2, -0.15) is 0 Å². The molecular formula is C34H34Cl2FN3O4S. The molecule has 45 heavy (non-hydrogen) atoms. The number of nitrogens with one attached hydrogen (secondary N) is 1. The third-order valence-corrected chi connectivity index (χ3v) is 9.31. The van der Waals surface area contributed by atoms with Crippen LogP contribution in [0.1, 0.15) is 25.0 Å². The molecule has 4 aromatic carbocycles. The van der Waals surface area contributed by atoms with Crippen molar-refractivity contribution in [3.8, 4) is 0 Å². The number of nitrogens with zero attached hydrogens (tertiary/aromatic N) is 2. The molecule has 0 aliphatic rings. The molecule has 1 atom stereocenters. The van der Waals surface area contributed by atoms with Gasteiger partial charge < -0.3 is 10.2 Å². The number of halogens is 3. The summed E-state index contributed by atoms with van der Waals surface area (Å²) in [6.07, 6.45) is 0.172. The van der Waals surface area contributed by atoms with E-state index in [0.717, 1.165) is 22.0 Å². The summed E-state index contributed by atoms with van der Waals surface area (Å²) in [4.78, 5) is 29.5. The molecule has 0 heterocycles. The predicted octanol–water partition coefficient (Wildman–Crippen LogP) is 6.74. The second-order valence-electron chi connectivity index (χ2n) is 10.9. The number of benzene rings is 4. The van der Waals surface area contributed by atoms with Crippen molar-refractivity contribution >= 4 is 50.7 Å². The van der Waals surface area contributed by atoms with E-state index in [-0.39, 0.29) is 40.4 Å². The van der Waals surface area contributed by atoms with E-state index in [4.69, 9.17) is 23.2 Å². The molecule has 0 saturated carbocycles. The second-order valence-corrected chi connectivity index (χ2v) is 13.6. The average Bonchev–Trinajstić information content (AvgIpc) is 3.02. The van der Waals surface area contributed by atoms with Crippen LogP contribution in [0.25, 0.3) is 0 Å². The Kier molecular flexibility index (Phi) is 11.6. The number of carbonyl (C=O) groups excluding carboxylic acids is 2. The number of hydrogen-bond donors (Lipinski definition) is 1. The maximum atomic E-state index is 14.4. The van der Waals surface area contributed by atoms with Crippen molar-refractivity contribution in [3.63, 3.8) is 0 Å². The predicted molar refractivity (Wildman–Crippen MR) is 176 cm³/mol. The van der Waals surface area contributed by atoms with Gasteiger partial charge in [0.25, 0.3) is 10.0 Å². The third-order valence-electron chi connectivity index (χ3n) is 7.00. The van der Waals surface area contributed by atoms with E-state index in [2.05, 4.69) is 5.32 Å². The zero-order valence-electron chi connectivity index (χ0n) is 24.9. The van der Waals surface area contributed by atoms with Crippen molar-refractivity contribution in [2.45, 2.75) is 37.8 Å². The van der Waals surface area contributed by atoms with Gasteiger partial charge in [-0.15, -0.1) is 0 Å². The van der Waals surface area contributed by atoms with E-state index < -0.39 is 34.3 Å². The highest BCUT2D eigenvalue weighted by molar-refractivity contribution is 7.92. The van der Waals surface area contributed by atoms with Gasteiger partial charge >= 0.3 is 0 Å². The van der Waals surface area contributed by atoms with E-state index in [9.17, 15) is 22.4 Å². The van der Waals surface area contributed by atoms with Gasteiger partial charge in [0.15, 0.2) is 0 Å². The van der Waals surface area contributed by atoms with Crippen molar-refractivity contribution in [2.75, 3.05) is 17.4 Å². The first-order chi connectivity index (χ1) is 21.5. The number of amides is 2. The van der Waals surface area contributed by atoms with E-state index in [0.29, 0.717) is 17.1 Å². The van der Waals surface area contributed by atoms with Gasteiger partial charge in [-0.1, -0.05) is 97.7 Å². The Morgan fingerprint density at radius 3 is 2.11 bits per heavy atom. The Morgan fingerprint density at radius 1 is 0.844 bits per heavy atom. The molecule has 0 aromatic heterocycles. The number of carbonyl (C=O) groups is 2. The Morgan fingerprint density at radius 2 is 1.49 bits per heavy atom. The molecule has 7 nitrogen and oxygen atoms in total. The fourth-order valence-corrected chi connectivity index (χ4v) is 6.51. The van der Waals surface area contributed by atoms with E-state index >= 15 is 0 Å². The smallest absolute Gasteiger partial charge is 0.264 e. The maximum Gasteiger partial charge on any atom is 0.264 e. The Bertz CT molecular complexity index is 1720. The van der Waals surface area contributed by atoms with Gasteiger partial charge in [-0.3, -0.25) is 13.9 Å². The van der Waals surface area contributed by atoms with Crippen LogP contribution in [-0.4, -0.2) is 44.3 Å². The largest absolute Gasteiger partial charge is 0.354 e. The molecule has 1 unspecified atom stereocenters. The lowest BCUT2D eigenvalue weighted by Crippen LogP contribution is -2.53. The van der Waals surface area contributed by atoms with Crippen LogP contribution >= 0.6 is 23.2 Å². The molecule has 236 valence electrons. The monoisotopic (exact) mass is 669 g/mol. The van der Waals surface area contributed by atoms with Gasteiger partial charge in [0.2, 0.25) is 11.8 Å². The summed E-state index contributed by atoms with van der Waals surface area (Å²) >= 11 is 12.3. The van der Waals surface area contributed by atoms with Crippen LogP contribution in [0.3, 0.4) is 0 Å². The summed E-state index contributed by atoms with van der Waals surface area (Å²) < 4.78 is 43.0. The SMILES string of the molecule is CC(C)CNC(=O)C(Cc1ccccc1)N(Cc1cccc(Cl)c1)C(=O)CN(c1ccc(F)c(Cl)c1)S(=O)(=O)c1ccccc1. The second kappa shape index (κ2) is 15.4. The van der Waals surface area contributed by atoms with Crippen LogP contribution in [0.5, 0.6) is 0 Å². The molecule has 0 saturated heterocycles. The highest BCUT2D eigenvalue weighted by atomic mass is 35.5. The number of rotatable bonds is 13. The molecule has 4 aromatic rings. The number of sulfonamides is 1. The summed E-state index contributed by atoms with van der Waals surface area (Å²) in [6, 6.07) is 26.2. The first kappa shape index (κ1) is 34.0. The molecule has 0 aliphatic heterocycles. The first-order valence-electron chi connectivity index (χ1n) is 14.3. The molecule has 1 N–H and O–H groups in total. The fourth-order valence-electron chi connectivity index (χ4n) is 4.70. The first-order valence-corrected chi connectivity index (χ1v) is 16.5. The van der Waals surface area contributed by atoms with Gasteiger partial charge in [-0.05, 0) is 59.5 Å². The molecule has 4 rings (SSSR count). The topological polar surface area (TPSA) is 86.8 Å². The molecule has 2 amide bonds. The van der Waals surface area contributed by atoms with Crippen molar-refractivity contribution in [1.29, 1.82) is 0 Å². The molecule has 0 fully saturated rings. The van der Waals surface area contributed by atoms with Crippen LogP contribution in [-0.2, 0) is 32.6 Å².